The lowest BCUT2D eigenvalue weighted by Gasteiger charge is -2.26. The molecule has 0 atom stereocenters. The number of carbonyl (C=O) groups is 2. The van der Waals surface area contributed by atoms with Crippen LogP contribution < -0.4 is 0 Å². The van der Waals surface area contributed by atoms with Crippen molar-refractivity contribution in [2.24, 2.45) is 11.8 Å². The van der Waals surface area contributed by atoms with Gasteiger partial charge in [0.25, 0.3) is 0 Å². The Labute approximate surface area is 97.5 Å². The van der Waals surface area contributed by atoms with Crippen molar-refractivity contribution in [2.75, 3.05) is 0 Å². The average molecular weight is 226 g/mol. The molecule has 0 amide bonds. The van der Waals surface area contributed by atoms with Crippen LogP contribution in [0.3, 0.4) is 0 Å². The molecule has 0 spiro atoms. The molecule has 0 heterocycles. The van der Waals surface area contributed by atoms with Crippen molar-refractivity contribution in [3.05, 3.63) is 0 Å². The van der Waals surface area contributed by atoms with E-state index in [4.69, 9.17) is 4.74 Å². The fourth-order valence-electron chi connectivity index (χ4n) is 2.15. The van der Waals surface area contributed by atoms with Gasteiger partial charge in [0.2, 0.25) is 0 Å². The van der Waals surface area contributed by atoms with Crippen molar-refractivity contribution < 1.29 is 14.3 Å². The second-order valence-corrected chi connectivity index (χ2v) is 5.71. The number of rotatable bonds is 3. The summed E-state index contributed by atoms with van der Waals surface area (Å²) in [6.45, 7) is 5.65. The van der Waals surface area contributed by atoms with Crippen molar-refractivity contribution >= 4 is 12.3 Å². The monoisotopic (exact) mass is 226 g/mol. The molecular weight excluding hydrogens is 204 g/mol. The van der Waals surface area contributed by atoms with Crippen LogP contribution in [0.2, 0.25) is 0 Å². The Balaban J connectivity index is 2.28. The van der Waals surface area contributed by atoms with Crippen LogP contribution in [0.25, 0.3) is 0 Å². The van der Waals surface area contributed by atoms with Gasteiger partial charge in [-0.05, 0) is 52.4 Å². The van der Waals surface area contributed by atoms with Crippen molar-refractivity contribution in [1.29, 1.82) is 0 Å². The first kappa shape index (κ1) is 13.2. The second kappa shape index (κ2) is 5.46. The number of esters is 1. The molecule has 0 aromatic carbocycles. The van der Waals surface area contributed by atoms with Gasteiger partial charge in [0.15, 0.2) is 0 Å². The zero-order chi connectivity index (χ0) is 12.2. The van der Waals surface area contributed by atoms with Gasteiger partial charge in [-0.3, -0.25) is 4.79 Å². The van der Waals surface area contributed by atoms with Gasteiger partial charge in [0.05, 0.1) is 0 Å². The third-order valence-corrected chi connectivity index (χ3v) is 2.96. The molecule has 1 saturated carbocycles. The Morgan fingerprint density at radius 2 is 1.81 bits per heavy atom. The summed E-state index contributed by atoms with van der Waals surface area (Å²) >= 11 is 0. The molecule has 0 bridgehead atoms. The van der Waals surface area contributed by atoms with Gasteiger partial charge in [-0.1, -0.05) is 0 Å². The molecule has 0 saturated heterocycles. The average Bonchev–Trinajstić information content (AvgIpc) is 2.16. The molecule has 1 rings (SSSR count). The zero-order valence-corrected chi connectivity index (χ0v) is 10.5. The topological polar surface area (TPSA) is 43.4 Å². The van der Waals surface area contributed by atoms with Crippen LogP contribution in [-0.2, 0) is 14.3 Å². The summed E-state index contributed by atoms with van der Waals surface area (Å²) in [4.78, 5) is 22.2. The lowest BCUT2D eigenvalue weighted by atomic mass is 9.81. The minimum atomic E-state index is -0.392. The van der Waals surface area contributed by atoms with Crippen LogP contribution >= 0.6 is 0 Å². The van der Waals surface area contributed by atoms with E-state index >= 15 is 0 Å². The highest BCUT2D eigenvalue weighted by Crippen LogP contribution is 2.30. The molecule has 0 unspecified atom stereocenters. The fraction of sp³-hybridized carbons (Fsp3) is 0.846. The highest BCUT2D eigenvalue weighted by molar-refractivity contribution is 5.70. The van der Waals surface area contributed by atoms with E-state index in [1.54, 1.807) is 0 Å². The minimum Gasteiger partial charge on any atom is -0.460 e. The number of hydrogen-bond donors (Lipinski definition) is 0. The summed E-state index contributed by atoms with van der Waals surface area (Å²) in [5.41, 5.74) is -0.392. The maximum Gasteiger partial charge on any atom is 0.306 e. The first-order chi connectivity index (χ1) is 7.40. The maximum absolute atomic E-state index is 11.6. The largest absolute Gasteiger partial charge is 0.460 e. The Morgan fingerprint density at radius 3 is 2.25 bits per heavy atom. The van der Waals surface area contributed by atoms with E-state index in [0.717, 1.165) is 32.0 Å². The molecule has 3 nitrogen and oxygen atoms in total. The summed E-state index contributed by atoms with van der Waals surface area (Å²) in [6, 6.07) is 0. The number of hydrogen-bond acceptors (Lipinski definition) is 3. The van der Waals surface area contributed by atoms with Gasteiger partial charge in [-0.2, -0.15) is 0 Å². The molecular formula is C13H22O3. The van der Waals surface area contributed by atoms with Crippen LogP contribution in [0.15, 0.2) is 0 Å². The molecule has 3 heteroatoms. The molecule has 1 aliphatic carbocycles. The third kappa shape index (κ3) is 4.77. The van der Waals surface area contributed by atoms with E-state index in [1.165, 1.54) is 0 Å². The van der Waals surface area contributed by atoms with E-state index in [0.29, 0.717) is 12.3 Å². The number of ether oxygens (including phenoxy) is 1. The van der Waals surface area contributed by atoms with E-state index in [-0.39, 0.29) is 11.9 Å². The Hall–Kier alpha value is -0.860. The van der Waals surface area contributed by atoms with Crippen molar-refractivity contribution in [3.63, 3.8) is 0 Å². The summed E-state index contributed by atoms with van der Waals surface area (Å²) in [7, 11) is 0. The third-order valence-electron chi connectivity index (χ3n) is 2.96. The Bertz CT molecular complexity index is 244. The molecule has 92 valence electrons. The van der Waals surface area contributed by atoms with E-state index in [9.17, 15) is 9.59 Å². The van der Waals surface area contributed by atoms with Gasteiger partial charge in [0, 0.05) is 12.3 Å². The van der Waals surface area contributed by atoms with Gasteiger partial charge in [-0.25, -0.2) is 0 Å². The summed E-state index contributed by atoms with van der Waals surface area (Å²) in [5, 5.41) is 0. The second-order valence-electron chi connectivity index (χ2n) is 5.71. The standard InChI is InChI=1S/C13H22O3/c1-13(2,3)16-12(15)8-10-4-6-11(9-14)7-5-10/h9-11H,4-8H2,1-3H3. The predicted molar refractivity (Wildman–Crippen MR) is 62.0 cm³/mol. The fourth-order valence-corrected chi connectivity index (χ4v) is 2.15. The molecule has 16 heavy (non-hydrogen) atoms. The van der Waals surface area contributed by atoms with Crippen molar-refractivity contribution in [1.82, 2.24) is 0 Å². The van der Waals surface area contributed by atoms with Crippen LogP contribution in [0.1, 0.15) is 52.9 Å². The van der Waals surface area contributed by atoms with Gasteiger partial charge >= 0.3 is 5.97 Å². The zero-order valence-electron chi connectivity index (χ0n) is 10.5. The van der Waals surface area contributed by atoms with Crippen LogP contribution in [0.4, 0.5) is 0 Å². The molecule has 0 aromatic rings. The lowest BCUT2D eigenvalue weighted by molar-refractivity contribution is -0.156. The van der Waals surface area contributed by atoms with Crippen LogP contribution in [-0.4, -0.2) is 17.9 Å². The summed E-state index contributed by atoms with van der Waals surface area (Å²) in [6.07, 6.45) is 5.35. The Morgan fingerprint density at radius 1 is 1.25 bits per heavy atom. The van der Waals surface area contributed by atoms with Crippen LogP contribution in [0.5, 0.6) is 0 Å². The summed E-state index contributed by atoms with van der Waals surface area (Å²) < 4.78 is 5.29. The quantitative estimate of drug-likeness (QED) is 0.549. The minimum absolute atomic E-state index is 0.109. The molecule has 0 aromatic heterocycles. The normalized spacial score (nSPS) is 26.2. The number of aldehydes is 1. The maximum atomic E-state index is 11.6. The van der Waals surface area contributed by atoms with E-state index in [1.807, 2.05) is 20.8 Å². The smallest absolute Gasteiger partial charge is 0.306 e. The van der Waals surface area contributed by atoms with E-state index in [2.05, 4.69) is 0 Å². The van der Waals surface area contributed by atoms with Gasteiger partial charge in [0.1, 0.15) is 11.9 Å². The van der Waals surface area contributed by atoms with E-state index < -0.39 is 5.60 Å². The first-order valence-electron chi connectivity index (χ1n) is 6.08. The van der Waals surface area contributed by atoms with Crippen LogP contribution in [0, 0.1) is 11.8 Å². The SMILES string of the molecule is CC(C)(C)OC(=O)CC1CCC(C=O)CC1. The molecule has 1 fully saturated rings. The first-order valence-corrected chi connectivity index (χ1v) is 6.08. The molecule has 0 N–H and O–H groups in total. The van der Waals surface area contributed by atoms with Crippen molar-refractivity contribution in [2.45, 2.75) is 58.5 Å². The van der Waals surface area contributed by atoms with Crippen molar-refractivity contribution in [3.8, 4) is 0 Å². The highest BCUT2D eigenvalue weighted by atomic mass is 16.6. The van der Waals surface area contributed by atoms with Gasteiger partial charge in [-0.15, -0.1) is 0 Å². The van der Waals surface area contributed by atoms with Gasteiger partial charge < -0.3 is 9.53 Å². The molecule has 1 aliphatic rings. The molecule has 0 aliphatic heterocycles. The molecule has 0 radical (unpaired) electrons. The number of carbonyl (C=O) groups excluding carboxylic acids is 2. The summed E-state index contributed by atoms with van der Waals surface area (Å²) in [5.74, 6) is 0.517. The Kier molecular flexibility index (Phi) is 4.51. The predicted octanol–water partition coefficient (Wildman–Crippen LogP) is 2.72. The lowest BCUT2D eigenvalue weighted by Crippen LogP contribution is -2.26. The highest BCUT2D eigenvalue weighted by Gasteiger charge is 2.25.